The van der Waals surface area contributed by atoms with Gasteiger partial charge in [0.1, 0.15) is 12.4 Å². The molecule has 27 heavy (non-hydrogen) atoms. The Bertz CT molecular complexity index is 753. The molecule has 1 aromatic heterocycles. The zero-order chi connectivity index (χ0) is 19.6. The van der Waals surface area contributed by atoms with Crippen LogP contribution in [0, 0.1) is 5.82 Å². The van der Waals surface area contributed by atoms with Gasteiger partial charge in [-0.25, -0.2) is 4.39 Å². The van der Waals surface area contributed by atoms with E-state index < -0.39 is 30.0 Å². The fourth-order valence-corrected chi connectivity index (χ4v) is 1.98. The number of carbonyl (C=O) groups excluding carboxylic acids is 2. The maximum absolute atomic E-state index is 13.6. The van der Waals surface area contributed by atoms with E-state index in [1.54, 1.807) is 12.1 Å². The summed E-state index contributed by atoms with van der Waals surface area (Å²) in [6.45, 7) is -2.33. The Hall–Kier alpha value is -3.01. The second kappa shape index (κ2) is 10.2. The predicted molar refractivity (Wildman–Crippen MR) is 87.7 cm³/mol. The molecule has 2 rings (SSSR count). The summed E-state index contributed by atoms with van der Waals surface area (Å²) in [7, 11) is 0. The van der Waals surface area contributed by atoms with Crippen LogP contribution in [-0.2, 0) is 20.9 Å². The van der Waals surface area contributed by atoms with E-state index >= 15 is 0 Å². The lowest BCUT2D eigenvalue weighted by Gasteiger charge is -2.09. The van der Waals surface area contributed by atoms with Crippen molar-refractivity contribution in [2.24, 2.45) is 0 Å². The molecule has 0 aliphatic rings. The fraction of sp³-hybridized carbons (Fsp3) is 0.294. The molecule has 0 aliphatic carbocycles. The first-order valence-corrected chi connectivity index (χ1v) is 7.89. The summed E-state index contributed by atoms with van der Waals surface area (Å²) in [6, 6.07) is 6.33. The molecule has 2 amide bonds. The molecule has 0 fully saturated rings. The Balaban J connectivity index is 1.67. The minimum absolute atomic E-state index is 0.0731. The van der Waals surface area contributed by atoms with Gasteiger partial charge >= 0.3 is 18.4 Å². The Kier molecular flexibility index (Phi) is 7.68. The van der Waals surface area contributed by atoms with E-state index in [-0.39, 0.29) is 12.2 Å². The number of alkyl halides is 2. The van der Waals surface area contributed by atoms with Crippen LogP contribution in [0.4, 0.5) is 18.9 Å². The average Bonchev–Trinajstić information content (AvgIpc) is 3.13. The van der Waals surface area contributed by atoms with Gasteiger partial charge in [-0.05, 0) is 30.7 Å². The maximum atomic E-state index is 13.6. The highest BCUT2D eigenvalue weighted by atomic mass is 19.3. The summed E-state index contributed by atoms with van der Waals surface area (Å²) in [5, 5.41) is 4.53. The topological polar surface area (TPSA) is 89.8 Å². The number of hydrogen-bond acceptors (Lipinski definition) is 5. The van der Waals surface area contributed by atoms with Crippen LogP contribution in [0.15, 0.2) is 41.0 Å². The van der Waals surface area contributed by atoms with Crippen molar-refractivity contribution in [3.8, 4) is 5.75 Å². The molecular weight excluding hydrogens is 369 g/mol. The van der Waals surface area contributed by atoms with E-state index in [2.05, 4.69) is 15.4 Å². The van der Waals surface area contributed by atoms with Gasteiger partial charge in [0.15, 0.2) is 11.6 Å². The molecule has 0 radical (unpaired) electrons. The molecule has 1 heterocycles. The largest absolute Gasteiger partial charge is 0.467 e. The molecule has 2 N–H and O–H groups in total. The van der Waals surface area contributed by atoms with Crippen molar-refractivity contribution in [1.82, 2.24) is 5.32 Å². The molecule has 2 aromatic rings. The average molecular weight is 386 g/mol. The van der Waals surface area contributed by atoms with Crippen molar-refractivity contribution in [3.05, 3.63) is 48.2 Å². The highest BCUT2D eigenvalue weighted by Gasteiger charge is 2.15. The third-order valence-corrected chi connectivity index (χ3v) is 3.19. The van der Waals surface area contributed by atoms with Crippen LogP contribution >= 0.6 is 0 Å². The minimum atomic E-state index is -3.17. The number of ether oxygens (including phenoxy) is 2. The van der Waals surface area contributed by atoms with Crippen LogP contribution in [-0.4, -0.2) is 31.6 Å². The zero-order valence-corrected chi connectivity index (χ0v) is 14.0. The number of halogens is 3. The standard InChI is InChI=1S/C17H17F3N2O5/c18-13-9-11(4-5-14(13)27-17(19)20)22-16(24)15(23)21-6-2-7-25-10-12-3-1-8-26-12/h1,3-5,8-9,17H,2,6-7,10H2,(H,21,23)(H,22,24). The summed E-state index contributed by atoms with van der Waals surface area (Å²) in [6.07, 6.45) is 2.00. The van der Waals surface area contributed by atoms with Crippen molar-refractivity contribution < 1.29 is 36.7 Å². The second-order valence-corrected chi connectivity index (χ2v) is 5.22. The third-order valence-electron chi connectivity index (χ3n) is 3.19. The molecule has 0 saturated heterocycles. The Morgan fingerprint density at radius 3 is 2.67 bits per heavy atom. The van der Waals surface area contributed by atoms with E-state index in [1.807, 2.05) is 0 Å². The van der Waals surface area contributed by atoms with E-state index in [9.17, 15) is 22.8 Å². The van der Waals surface area contributed by atoms with Gasteiger partial charge < -0.3 is 24.5 Å². The van der Waals surface area contributed by atoms with E-state index in [0.29, 0.717) is 25.4 Å². The maximum Gasteiger partial charge on any atom is 0.387 e. The summed E-state index contributed by atoms with van der Waals surface area (Å²) >= 11 is 0. The van der Waals surface area contributed by atoms with Gasteiger partial charge in [-0.1, -0.05) is 0 Å². The molecule has 1 aromatic carbocycles. The van der Waals surface area contributed by atoms with Crippen LogP contribution in [0.25, 0.3) is 0 Å². The number of benzene rings is 1. The first kappa shape index (κ1) is 20.3. The van der Waals surface area contributed by atoms with Gasteiger partial charge in [0.25, 0.3) is 0 Å². The Morgan fingerprint density at radius 2 is 2.00 bits per heavy atom. The van der Waals surface area contributed by atoms with Crippen LogP contribution in [0.2, 0.25) is 0 Å². The third kappa shape index (κ3) is 7.02. The minimum Gasteiger partial charge on any atom is -0.467 e. The summed E-state index contributed by atoms with van der Waals surface area (Å²) in [5.74, 6) is -3.03. The molecule has 7 nitrogen and oxygen atoms in total. The van der Waals surface area contributed by atoms with Crippen molar-refractivity contribution >= 4 is 17.5 Å². The molecule has 0 bridgehead atoms. The quantitative estimate of drug-likeness (QED) is 0.511. The molecule has 10 heteroatoms. The van der Waals surface area contributed by atoms with Crippen LogP contribution in [0.5, 0.6) is 5.75 Å². The van der Waals surface area contributed by atoms with Gasteiger partial charge in [-0.2, -0.15) is 8.78 Å². The number of anilines is 1. The van der Waals surface area contributed by atoms with Crippen molar-refractivity contribution in [2.45, 2.75) is 19.6 Å². The predicted octanol–water partition coefficient (Wildman–Crippen LogP) is 2.68. The SMILES string of the molecule is O=C(NCCCOCc1ccco1)C(=O)Nc1ccc(OC(F)F)c(F)c1. The number of nitrogens with one attached hydrogen (secondary N) is 2. The van der Waals surface area contributed by atoms with Crippen LogP contribution in [0.3, 0.4) is 0 Å². The molecule has 0 saturated carbocycles. The monoisotopic (exact) mass is 386 g/mol. The smallest absolute Gasteiger partial charge is 0.387 e. The molecule has 0 spiro atoms. The molecular formula is C17H17F3N2O5. The second-order valence-electron chi connectivity index (χ2n) is 5.22. The Labute approximate surface area is 152 Å². The van der Waals surface area contributed by atoms with Gasteiger partial charge in [0.2, 0.25) is 0 Å². The van der Waals surface area contributed by atoms with Crippen LogP contribution < -0.4 is 15.4 Å². The highest BCUT2D eigenvalue weighted by Crippen LogP contribution is 2.22. The lowest BCUT2D eigenvalue weighted by molar-refractivity contribution is -0.136. The number of amides is 2. The molecule has 0 unspecified atom stereocenters. The first-order chi connectivity index (χ1) is 13.0. The normalized spacial score (nSPS) is 10.7. The highest BCUT2D eigenvalue weighted by molar-refractivity contribution is 6.39. The zero-order valence-electron chi connectivity index (χ0n) is 14.0. The summed E-state index contributed by atoms with van der Waals surface area (Å²) in [5.41, 5.74) is -0.0731. The van der Waals surface area contributed by atoms with Crippen molar-refractivity contribution in [2.75, 3.05) is 18.5 Å². The van der Waals surface area contributed by atoms with Gasteiger partial charge in [-0.15, -0.1) is 0 Å². The van der Waals surface area contributed by atoms with E-state index in [0.717, 1.165) is 18.2 Å². The summed E-state index contributed by atoms with van der Waals surface area (Å²) in [4.78, 5) is 23.4. The molecule has 146 valence electrons. The lowest BCUT2D eigenvalue weighted by atomic mass is 10.3. The number of carbonyl (C=O) groups is 2. The van der Waals surface area contributed by atoms with Gasteiger partial charge in [0.05, 0.1) is 6.26 Å². The first-order valence-electron chi connectivity index (χ1n) is 7.89. The van der Waals surface area contributed by atoms with Gasteiger partial charge in [0, 0.05) is 24.9 Å². The molecule has 0 aliphatic heterocycles. The number of rotatable bonds is 9. The lowest BCUT2D eigenvalue weighted by Crippen LogP contribution is -2.36. The number of furan rings is 1. The van der Waals surface area contributed by atoms with Crippen LogP contribution in [0.1, 0.15) is 12.2 Å². The van der Waals surface area contributed by atoms with Crippen molar-refractivity contribution in [3.63, 3.8) is 0 Å². The van der Waals surface area contributed by atoms with Crippen molar-refractivity contribution in [1.29, 1.82) is 0 Å². The Morgan fingerprint density at radius 1 is 1.19 bits per heavy atom. The number of hydrogen-bond donors (Lipinski definition) is 2. The molecule has 0 atom stereocenters. The van der Waals surface area contributed by atoms with Gasteiger partial charge in [-0.3, -0.25) is 9.59 Å². The summed E-state index contributed by atoms with van der Waals surface area (Å²) < 4.78 is 52.0. The van der Waals surface area contributed by atoms with E-state index in [1.165, 1.54) is 6.26 Å². The van der Waals surface area contributed by atoms with E-state index in [4.69, 9.17) is 9.15 Å². The fourth-order valence-electron chi connectivity index (χ4n) is 1.98.